The highest BCUT2D eigenvalue weighted by atomic mass is 19.1. The van der Waals surface area contributed by atoms with Crippen LogP contribution in [0.1, 0.15) is 11.1 Å². The molecule has 0 aliphatic heterocycles. The first kappa shape index (κ1) is 14.7. The van der Waals surface area contributed by atoms with Crippen LogP contribution in [0, 0.1) is 5.82 Å². The molecule has 0 aromatic heterocycles. The van der Waals surface area contributed by atoms with Crippen molar-refractivity contribution in [1.29, 1.82) is 0 Å². The number of hydrogen-bond acceptors (Lipinski definition) is 4. The van der Waals surface area contributed by atoms with Crippen molar-refractivity contribution in [3.8, 4) is 23.0 Å². The monoisotopic (exact) mass is 290 g/mol. The molecule has 0 aliphatic carbocycles. The molecular formula is C16H15FO4. The number of aromatic hydroxyl groups is 2. The van der Waals surface area contributed by atoms with Gasteiger partial charge in [-0.05, 0) is 35.4 Å². The highest BCUT2D eigenvalue weighted by molar-refractivity contribution is 5.72. The average Bonchev–Trinajstić information content (AvgIpc) is 2.50. The number of rotatable bonds is 4. The zero-order chi connectivity index (χ0) is 15.4. The van der Waals surface area contributed by atoms with Crippen molar-refractivity contribution in [2.24, 2.45) is 0 Å². The minimum atomic E-state index is -1.03. The molecule has 0 radical (unpaired) electrons. The van der Waals surface area contributed by atoms with E-state index in [1.54, 1.807) is 38.5 Å². The van der Waals surface area contributed by atoms with E-state index in [0.29, 0.717) is 17.1 Å². The van der Waals surface area contributed by atoms with Gasteiger partial charge in [0.05, 0.1) is 14.2 Å². The van der Waals surface area contributed by atoms with Gasteiger partial charge < -0.3 is 19.7 Å². The lowest BCUT2D eigenvalue weighted by Crippen LogP contribution is -1.90. The van der Waals surface area contributed by atoms with Gasteiger partial charge in [0.15, 0.2) is 23.0 Å². The molecule has 0 saturated heterocycles. The molecule has 0 amide bonds. The van der Waals surface area contributed by atoms with Crippen LogP contribution in [0.25, 0.3) is 12.2 Å². The fourth-order valence-electron chi connectivity index (χ4n) is 1.86. The molecule has 2 aromatic rings. The van der Waals surface area contributed by atoms with Crippen molar-refractivity contribution in [3.05, 3.63) is 47.3 Å². The van der Waals surface area contributed by atoms with Gasteiger partial charge in [-0.2, -0.15) is 4.39 Å². The van der Waals surface area contributed by atoms with Gasteiger partial charge in [-0.1, -0.05) is 18.2 Å². The van der Waals surface area contributed by atoms with E-state index in [9.17, 15) is 14.6 Å². The summed E-state index contributed by atoms with van der Waals surface area (Å²) in [4.78, 5) is 0. The molecule has 0 atom stereocenters. The maximum Gasteiger partial charge on any atom is 0.206 e. The second kappa shape index (κ2) is 6.17. The molecule has 2 N–H and O–H groups in total. The van der Waals surface area contributed by atoms with Gasteiger partial charge in [0.2, 0.25) is 5.82 Å². The van der Waals surface area contributed by atoms with Gasteiger partial charge in [0.1, 0.15) is 0 Å². The summed E-state index contributed by atoms with van der Waals surface area (Å²) in [5.74, 6) is -1.02. The number of methoxy groups -OCH3 is 2. The summed E-state index contributed by atoms with van der Waals surface area (Å²) in [6, 6.07) is 7.82. The molecule has 21 heavy (non-hydrogen) atoms. The number of halogens is 1. The van der Waals surface area contributed by atoms with E-state index in [2.05, 4.69) is 0 Å². The van der Waals surface area contributed by atoms with Crippen LogP contribution in [0.4, 0.5) is 4.39 Å². The Kier molecular flexibility index (Phi) is 4.33. The van der Waals surface area contributed by atoms with Crippen molar-refractivity contribution in [2.75, 3.05) is 14.2 Å². The number of phenolic OH excluding ortho intramolecular Hbond substituents is 2. The highest BCUT2D eigenvalue weighted by Crippen LogP contribution is 2.30. The van der Waals surface area contributed by atoms with Crippen molar-refractivity contribution >= 4 is 12.2 Å². The van der Waals surface area contributed by atoms with Crippen LogP contribution in [0.3, 0.4) is 0 Å². The molecule has 0 heterocycles. The molecule has 110 valence electrons. The second-order valence-corrected chi connectivity index (χ2v) is 4.32. The van der Waals surface area contributed by atoms with E-state index in [0.717, 1.165) is 5.56 Å². The topological polar surface area (TPSA) is 58.9 Å². The molecule has 2 rings (SSSR count). The Labute approximate surface area is 121 Å². The quantitative estimate of drug-likeness (QED) is 0.847. The van der Waals surface area contributed by atoms with Crippen molar-refractivity contribution in [1.82, 2.24) is 0 Å². The minimum absolute atomic E-state index is 0.473. The Morgan fingerprint density at radius 2 is 1.43 bits per heavy atom. The Morgan fingerprint density at radius 1 is 0.857 bits per heavy atom. The van der Waals surface area contributed by atoms with Gasteiger partial charge in [0.25, 0.3) is 0 Å². The summed E-state index contributed by atoms with van der Waals surface area (Å²) < 4.78 is 23.4. The minimum Gasteiger partial charge on any atom is -0.505 e. The van der Waals surface area contributed by atoms with E-state index in [1.807, 2.05) is 6.07 Å². The molecular weight excluding hydrogens is 275 g/mol. The summed E-state index contributed by atoms with van der Waals surface area (Å²) in [6.07, 6.45) is 3.38. The molecule has 0 unspecified atom stereocenters. The van der Waals surface area contributed by atoms with E-state index < -0.39 is 17.3 Å². The number of benzene rings is 2. The molecule has 4 nitrogen and oxygen atoms in total. The van der Waals surface area contributed by atoms with Crippen LogP contribution < -0.4 is 9.47 Å². The summed E-state index contributed by atoms with van der Waals surface area (Å²) in [7, 11) is 3.10. The molecule has 0 spiro atoms. The van der Waals surface area contributed by atoms with Crippen LogP contribution in [0.2, 0.25) is 0 Å². The Bertz CT molecular complexity index is 657. The molecule has 0 bridgehead atoms. The Balaban J connectivity index is 2.29. The first-order valence-electron chi connectivity index (χ1n) is 6.16. The summed E-state index contributed by atoms with van der Waals surface area (Å²) in [5, 5.41) is 18.6. The highest BCUT2D eigenvalue weighted by Gasteiger charge is 2.07. The van der Waals surface area contributed by atoms with Gasteiger partial charge in [-0.25, -0.2) is 0 Å². The fraction of sp³-hybridized carbons (Fsp3) is 0.125. The third kappa shape index (κ3) is 3.25. The third-order valence-electron chi connectivity index (χ3n) is 2.93. The smallest absolute Gasteiger partial charge is 0.206 e. The predicted molar refractivity (Wildman–Crippen MR) is 78.2 cm³/mol. The van der Waals surface area contributed by atoms with Crippen LogP contribution >= 0.6 is 0 Å². The van der Waals surface area contributed by atoms with Gasteiger partial charge >= 0.3 is 0 Å². The largest absolute Gasteiger partial charge is 0.505 e. The van der Waals surface area contributed by atoms with Crippen LogP contribution in [-0.4, -0.2) is 24.4 Å². The molecule has 0 aliphatic rings. The first-order valence-corrected chi connectivity index (χ1v) is 6.16. The lowest BCUT2D eigenvalue weighted by molar-refractivity contribution is 0.355. The lowest BCUT2D eigenvalue weighted by atomic mass is 10.1. The summed E-state index contributed by atoms with van der Waals surface area (Å²) in [6.45, 7) is 0. The van der Waals surface area contributed by atoms with Crippen LogP contribution in [-0.2, 0) is 0 Å². The Morgan fingerprint density at radius 3 is 2.00 bits per heavy atom. The number of hydrogen-bond donors (Lipinski definition) is 2. The molecule has 5 heteroatoms. The normalized spacial score (nSPS) is 10.8. The van der Waals surface area contributed by atoms with Crippen molar-refractivity contribution < 1.29 is 24.1 Å². The van der Waals surface area contributed by atoms with E-state index in [4.69, 9.17) is 9.47 Å². The van der Waals surface area contributed by atoms with Gasteiger partial charge in [-0.3, -0.25) is 0 Å². The number of phenols is 2. The van der Waals surface area contributed by atoms with Crippen LogP contribution in [0.15, 0.2) is 30.3 Å². The molecule has 2 aromatic carbocycles. The zero-order valence-corrected chi connectivity index (χ0v) is 11.6. The molecule has 0 saturated carbocycles. The van der Waals surface area contributed by atoms with Crippen molar-refractivity contribution in [3.63, 3.8) is 0 Å². The van der Waals surface area contributed by atoms with E-state index in [1.165, 1.54) is 12.1 Å². The molecule has 0 fully saturated rings. The van der Waals surface area contributed by atoms with Gasteiger partial charge in [0, 0.05) is 0 Å². The summed E-state index contributed by atoms with van der Waals surface area (Å²) in [5.41, 5.74) is 1.30. The standard InChI is InChI=1S/C16H15FO4/c1-20-14-6-5-10(9-15(14)21-2)3-4-11-7-12(18)16(17)13(19)8-11/h3-9,18-19H,1-2H3/b4-3+. The summed E-state index contributed by atoms with van der Waals surface area (Å²) >= 11 is 0. The number of ether oxygens (including phenoxy) is 2. The Hall–Kier alpha value is -2.69. The fourth-order valence-corrected chi connectivity index (χ4v) is 1.86. The van der Waals surface area contributed by atoms with Crippen molar-refractivity contribution in [2.45, 2.75) is 0 Å². The maximum atomic E-state index is 13.1. The zero-order valence-electron chi connectivity index (χ0n) is 11.6. The lowest BCUT2D eigenvalue weighted by Gasteiger charge is -2.07. The third-order valence-corrected chi connectivity index (χ3v) is 2.93. The SMILES string of the molecule is COc1ccc(/C=C/c2cc(O)c(F)c(O)c2)cc1OC. The average molecular weight is 290 g/mol. The maximum absolute atomic E-state index is 13.1. The van der Waals surface area contributed by atoms with Crippen LogP contribution in [0.5, 0.6) is 23.0 Å². The predicted octanol–water partition coefficient (Wildman–Crippen LogP) is 3.42. The van der Waals surface area contributed by atoms with Gasteiger partial charge in [-0.15, -0.1) is 0 Å². The second-order valence-electron chi connectivity index (χ2n) is 4.32. The first-order chi connectivity index (χ1) is 10.0. The van der Waals surface area contributed by atoms with E-state index in [-0.39, 0.29) is 0 Å². The van der Waals surface area contributed by atoms with E-state index >= 15 is 0 Å².